The van der Waals surface area contributed by atoms with Gasteiger partial charge in [-0.3, -0.25) is 0 Å². The Morgan fingerprint density at radius 2 is 2.14 bits per heavy atom. The number of anilines is 1. The van der Waals surface area contributed by atoms with E-state index in [2.05, 4.69) is 39.2 Å². The molecule has 0 aliphatic carbocycles. The molecule has 110 valence electrons. The standard InChI is InChI=1S/C16H18BrN3O/c1-3-8-18-16-14(17)10(2)19-15(20-16)12-9-21-13-7-5-4-6-11(12)13/h4-7,12H,3,8-9H2,1-2H3,(H,18,19,20). The summed E-state index contributed by atoms with van der Waals surface area (Å²) in [5.74, 6) is 2.73. The van der Waals surface area contributed by atoms with Crippen LogP contribution in [-0.2, 0) is 0 Å². The minimum Gasteiger partial charge on any atom is -0.492 e. The minimum atomic E-state index is 0.107. The third kappa shape index (κ3) is 2.75. The molecule has 0 fully saturated rings. The first-order valence-corrected chi connectivity index (χ1v) is 7.99. The lowest BCUT2D eigenvalue weighted by Crippen LogP contribution is -2.12. The zero-order valence-corrected chi connectivity index (χ0v) is 13.8. The Balaban J connectivity index is 1.98. The third-order valence-electron chi connectivity index (χ3n) is 3.59. The molecule has 1 aliphatic heterocycles. The number of aromatic nitrogens is 2. The number of hydrogen-bond acceptors (Lipinski definition) is 4. The summed E-state index contributed by atoms with van der Waals surface area (Å²) in [6.45, 7) is 5.63. The van der Waals surface area contributed by atoms with Gasteiger partial charge in [0.1, 0.15) is 24.0 Å². The van der Waals surface area contributed by atoms with E-state index in [1.807, 2.05) is 25.1 Å². The lowest BCUT2D eigenvalue weighted by atomic mass is 10.0. The van der Waals surface area contributed by atoms with E-state index in [0.717, 1.165) is 40.5 Å². The van der Waals surface area contributed by atoms with Crippen LogP contribution >= 0.6 is 15.9 Å². The number of nitrogens with one attached hydrogen (secondary N) is 1. The number of rotatable bonds is 4. The van der Waals surface area contributed by atoms with Crippen LogP contribution in [0.5, 0.6) is 5.75 Å². The normalized spacial score (nSPS) is 16.4. The molecule has 0 spiro atoms. The maximum absolute atomic E-state index is 5.74. The van der Waals surface area contributed by atoms with Gasteiger partial charge in [0.05, 0.1) is 16.1 Å². The highest BCUT2D eigenvalue weighted by molar-refractivity contribution is 9.10. The lowest BCUT2D eigenvalue weighted by molar-refractivity contribution is 0.339. The predicted molar refractivity (Wildman–Crippen MR) is 87.0 cm³/mol. The maximum atomic E-state index is 5.74. The second-order valence-corrected chi connectivity index (χ2v) is 5.95. The molecule has 0 radical (unpaired) electrons. The first kappa shape index (κ1) is 14.3. The predicted octanol–water partition coefficient (Wildman–Crippen LogP) is 3.89. The molecule has 1 N–H and O–H groups in total. The Hall–Kier alpha value is -1.62. The van der Waals surface area contributed by atoms with Gasteiger partial charge in [-0.25, -0.2) is 9.97 Å². The molecule has 3 rings (SSSR count). The summed E-state index contributed by atoms with van der Waals surface area (Å²) < 4.78 is 6.68. The molecule has 0 amide bonds. The molecule has 21 heavy (non-hydrogen) atoms. The topological polar surface area (TPSA) is 47.0 Å². The fraction of sp³-hybridized carbons (Fsp3) is 0.375. The zero-order valence-electron chi connectivity index (χ0n) is 12.2. The lowest BCUT2D eigenvalue weighted by Gasteiger charge is -2.13. The fourth-order valence-corrected chi connectivity index (χ4v) is 2.79. The van der Waals surface area contributed by atoms with Crippen molar-refractivity contribution in [2.75, 3.05) is 18.5 Å². The molecule has 0 bridgehead atoms. The van der Waals surface area contributed by atoms with Crippen LogP contribution in [0.15, 0.2) is 28.7 Å². The van der Waals surface area contributed by atoms with Crippen LogP contribution in [0.3, 0.4) is 0 Å². The molecule has 0 saturated heterocycles. The van der Waals surface area contributed by atoms with Crippen molar-refractivity contribution in [2.24, 2.45) is 0 Å². The van der Waals surface area contributed by atoms with E-state index in [1.165, 1.54) is 5.56 Å². The van der Waals surface area contributed by atoms with Crippen molar-refractivity contribution < 1.29 is 4.74 Å². The van der Waals surface area contributed by atoms with E-state index in [9.17, 15) is 0 Å². The highest BCUT2D eigenvalue weighted by atomic mass is 79.9. The molecule has 1 unspecified atom stereocenters. The summed E-state index contributed by atoms with van der Waals surface area (Å²) in [5.41, 5.74) is 2.11. The number of ether oxygens (including phenoxy) is 1. The van der Waals surface area contributed by atoms with E-state index < -0.39 is 0 Å². The first-order valence-electron chi connectivity index (χ1n) is 7.20. The van der Waals surface area contributed by atoms with Gasteiger partial charge >= 0.3 is 0 Å². The Morgan fingerprint density at radius 1 is 1.33 bits per heavy atom. The summed E-state index contributed by atoms with van der Waals surface area (Å²) in [6.07, 6.45) is 1.06. The van der Waals surface area contributed by atoms with Gasteiger partial charge in [0.15, 0.2) is 0 Å². The number of hydrogen-bond donors (Lipinski definition) is 1. The van der Waals surface area contributed by atoms with E-state index in [1.54, 1.807) is 0 Å². The van der Waals surface area contributed by atoms with Crippen molar-refractivity contribution in [3.8, 4) is 5.75 Å². The van der Waals surface area contributed by atoms with Crippen molar-refractivity contribution in [1.29, 1.82) is 0 Å². The molecule has 1 aromatic carbocycles. The van der Waals surface area contributed by atoms with Gasteiger partial charge in [0.2, 0.25) is 0 Å². The first-order chi connectivity index (χ1) is 10.2. The van der Waals surface area contributed by atoms with E-state index in [4.69, 9.17) is 9.72 Å². The Morgan fingerprint density at radius 3 is 2.95 bits per heavy atom. The summed E-state index contributed by atoms with van der Waals surface area (Å²) in [7, 11) is 0. The van der Waals surface area contributed by atoms with Crippen molar-refractivity contribution in [3.63, 3.8) is 0 Å². The molecule has 2 heterocycles. The zero-order chi connectivity index (χ0) is 14.8. The third-order valence-corrected chi connectivity index (χ3v) is 4.54. The van der Waals surface area contributed by atoms with Gasteiger partial charge in [-0.05, 0) is 35.3 Å². The summed E-state index contributed by atoms with van der Waals surface area (Å²) in [4.78, 5) is 9.35. The molecule has 4 nitrogen and oxygen atoms in total. The molecule has 1 aliphatic rings. The average Bonchev–Trinajstić information content (AvgIpc) is 2.92. The molecule has 1 aromatic heterocycles. The summed E-state index contributed by atoms with van der Waals surface area (Å²) in [5, 5.41) is 3.35. The smallest absolute Gasteiger partial charge is 0.144 e. The second-order valence-electron chi connectivity index (χ2n) is 5.16. The average molecular weight is 348 g/mol. The molecule has 1 atom stereocenters. The minimum absolute atomic E-state index is 0.107. The molecular weight excluding hydrogens is 330 g/mol. The van der Waals surface area contributed by atoms with Crippen LogP contribution in [-0.4, -0.2) is 23.1 Å². The van der Waals surface area contributed by atoms with Crippen molar-refractivity contribution >= 4 is 21.7 Å². The van der Waals surface area contributed by atoms with E-state index in [-0.39, 0.29) is 5.92 Å². The Kier molecular flexibility index (Phi) is 4.10. The molecule has 2 aromatic rings. The van der Waals surface area contributed by atoms with E-state index >= 15 is 0 Å². The Bertz CT molecular complexity index is 660. The molecule has 5 heteroatoms. The van der Waals surface area contributed by atoms with Crippen LogP contribution in [0.25, 0.3) is 0 Å². The highest BCUT2D eigenvalue weighted by Gasteiger charge is 2.28. The van der Waals surface area contributed by atoms with Gasteiger partial charge in [-0.15, -0.1) is 0 Å². The van der Waals surface area contributed by atoms with Crippen LogP contribution in [0.4, 0.5) is 5.82 Å². The van der Waals surface area contributed by atoms with Crippen molar-refractivity contribution in [1.82, 2.24) is 9.97 Å². The van der Waals surface area contributed by atoms with Gasteiger partial charge in [-0.2, -0.15) is 0 Å². The molecular formula is C16H18BrN3O. The number of halogens is 1. The van der Waals surface area contributed by atoms with E-state index in [0.29, 0.717) is 6.61 Å². The van der Waals surface area contributed by atoms with Crippen LogP contribution in [0.1, 0.15) is 36.3 Å². The van der Waals surface area contributed by atoms with Crippen LogP contribution in [0.2, 0.25) is 0 Å². The molecule has 0 saturated carbocycles. The van der Waals surface area contributed by atoms with Gasteiger partial charge in [0, 0.05) is 12.1 Å². The van der Waals surface area contributed by atoms with Gasteiger partial charge < -0.3 is 10.1 Å². The monoisotopic (exact) mass is 347 g/mol. The fourth-order valence-electron chi connectivity index (χ4n) is 2.47. The van der Waals surface area contributed by atoms with Crippen LogP contribution < -0.4 is 10.1 Å². The number of benzene rings is 1. The van der Waals surface area contributed by atoms with Crippen LogP contribution in [0, 0.1) is 6.92 Å². The number of nitrogens with zero attached hydrogens (tertiary/aromatic N) is 2. The number of fused-ring (bicyclic) bond motifs is 1. The number of aryl methyl sites for hydroxylation is 1. The highest BCUT2D eigenvalue weighted by Crippen LogP contribution is 2.37. The van der Waals surface area contributed by atoms with Gasteiger partial charge in [0.25, 0.3) is 0 Å². The summed E-state index contributed by atoms with van der Waals surface area (Å²) in [6, 6.07) is 8.11. The second kappa shape index (κ2) is 6.02. The largest absolute Gasteiger partial charge is 0.492 e. The maximum Gasteiger partial charge on any atom is 0.144 e. The number of para-hydroxylation sites is 1. The summed E-state index contributed by atoms with van der Waals surface area (Å²) >= 11 is 3.57. The Labute approximate surface area is 133 Å². The van der Waals surface area contributed by atoms with Gasteiger partial charge in [-0.1, -0.05) is 25.1 Å². The van der Waals surface area contributed by atoms with Crippen molar-refractivity contribution in [2.45, 2.75) is 26.2 Å². The van der Waals surface area contributed by atoms with Crippen molar-refractivity contribution in [3.05, 3.63) is 45.8 Å². The quantitative estimate of drug-likeness (QED) is 0.911. The SMILES string of the molecule is CCCNc1nc(C2COc3ccccc32)nc(C)c1Br.